The minimum absolute atomic E-state index is 0.164. The van der Waals surface area contributed by atoms with Gasteiger partial charge in [-0.05, 0) is 17.7 Å². The molecule has 2 heterocycles. The number of primary amides is 1. The molecule has 1 atom stereocenters. The third kappa shape index (κ3) is 6.46. The summed E-state index contributed by atoms with van der Waals surface area (Å²) in [7, 11) is 0. The van der Waals surface area contributed by atoms with Crippen LogP contribution >= 0.6 is 23.1 Å². The second-order valence-electron chi connectivity index (χ2n) is 6.43. The van der Waals surface area contributed by atoms with E-state index in [9.17, 15) is 18.4 Å². The maximum atomic E-state index is 13.4. The molecule has 1 aliphatic rings. The van der Waals surface area contributed by atoms with E-state index in [1.54, 1.807) is 11.4 Å². The van der Waals surface area contributed by atoms with Crippen molar-refractivity contribution < 1.29 is 23.1 Å². The number of rotatable bonds is 8. The van der Waals surface area contributed by atoms with Gasteiger partial charge in [0.05, 0.1) is 18.5 Å². The van der Waals surface area contributed by atoms with Crippen molar-refractivity contribution in [1.82, 2.24) is 15.2 Å². The number of hydrogen-bond acceptors (Lipinski definition) is 7. The Balaban J connectivity index is 1.40. The summed E-state index contributed by atoms with van der Waals surface area (Å²) in [6.07, 6.45) is -0.190. The molecule has 29 heavy (non-hydrogen) atoms. The van der Waals surface area contributed by atoms with Crippen LogP contribution in [0.15, 0.2) is 27.9 Å². The summed E-state index contributed by atoms with van der Waals surface area (Å²) in [6.45, 7) is 2.56. The predicted octanol–water partition coefficient (Wildman–Crippen LogP) is 1.63. The SMILES string of the molecule is NC(=O)c1csc(SCC(=O)NC[C@H]2CN(Cc3ccc(F)c(F)c3)CCO2)n1. The molecule has 1 aromatic heterocycles. The Kier molecular flexibility index (Phi) is 7.53. The molecule has 156 valence electrons. The smallest absolute Gasteiger partial charge is 0.268 e. The molecule has 2 amide bonds. The highest BCUT2D eigenvalue weighted by Crippen LogP contribution is 2.22. The zero-order chi connectivity index (χ0) is 20.8. The first kappa shape index (κ1) is 21.6. The third-order valence-corrected chi connectivity index (χ3v) is 6.22. The molecule has 7 nitrogen and oxygen atoms in total. The zero-order valence-electron chi connectivity index (χ0n) is 15.4. The number of carbonyl (C=O) groups is 2. The van der Waals surface area contributed by atoms with Crippen LogP contribution in [-0.2, 0) is 16.1 Å². The Hall–Kier alpha value is -2.08. The minimum atomic E-state index is -0.863. The largest absolute Gasteiger partial charge is 0.374 e. The monoisotopic (exact) mass is 442 g/mol. The van der Waals surface area contributed by atoms with Gasteiger partial charge in [-0.3, -0.25) is 14.5 Å². The lowest BCUT2D eigenvalue weighted by atomic mass is 10.1. The summed E-state index contributed by atoms with van der Waals surface area (Å²) in [6, 6.07) is 3.88. The summed E-state index contributed by atoms with van der Waals surface area (Å²) >= 11 is 2.49. The van der Waals surface area contributed by atoms with Crippen LogP contribution < -0.4 is 11.1 Å². The molecular formula is C18H20F2N4O3S2. The van der Waals surface area contributed by atoms with Gasteiger partial charge in [-0.2, -0.15) is 0 Å². The first-order valence-electron chi connectivity index (χ1n) is 8.83. The van der Waals surface area contributed by atoms with Gasteiger partial charge >= 0.3 is 0 Å². The Morgan fingerprint density at radius 3 is 2.93 bits per heavy atom. The van der Waals surface area contributed by atoms with Gasteiger partial charge < -0.3 is 15.8 Å². The first-order valence-corrected chi connectivity index (χ1v) is 10.7. The van der Waals surface area contributed by atoms with Crippen LogP contribution in [0.4, 0.5) is 8.78 Å². The van der Waals surface area contributed by atoms with Gasteiger partial charge in [0.15, 0.2) is 16.0 Å². The quantitative estimate of drug-likeness (QED) is 0.603. The van der Waals surface area contributed by atoms with Crippen LogP contribution in [0, 0.1) is 11.6 Å². The van der Waals surface area contributed by atoms with Crippen LogP contribution in [0.5, 0.6) is 0 Å². The van der Waals surface area contributed by atoms with Crippen LogP contribution in [0.2, 0.25) is 0 Å². The molecular weight excluding hydrogens is 422 g/mol. The molecule has 0 saturated carbocycles. The fourth-order valence-electron chi connectivity index (χ4n) is 2.79. The average molecular weight is 443 g/mol. The van der Waals surface area contributed by atoms with Crippen molar-refractivity contribution in [2.75, 3.05) is 32.0 Å². The third-order valence-electron chi connectivity index (χ3n) is 4.20. The second kappa shape index (κ2) is 10.1. The van der Waals surface area contributed by atoms with Crippen molar-refractivity contribution in [3.8, 4) is 0 Å². The molecule has 0 unspecified atom stereocenters. The first-order chi connectivity index (χ1) is 13.9. The van der Waals surface area contributed by atoms with Crippen molar-refractivity contribution in [2.24, 2.45) is 5.73 Å². The zero-order valence-corrected chi connectivity index (χ0v) is 17.0. The summed E-state index contributed by atoms with van der Waals surface area (Å²) in [4.78, 5) is 29.2. The maximum Gasteiger partial charge on any atom is 0.268 e. The summed E-state index contributed by atoms with van der Waals surface area (Å²) < 4.78 is 32.7. The van der Waals surface area contributed by atoms with E-state index in [1.807, 2.05) is 0 Å². The van der Waals surface area contributed by atoms with E-state index in [-0.39, 0.29) is 23.5 Å². The maximum absolute atomic E-state index is 13.4. The standard InChI is InChI=1S/C18H20F2N4O3S2/c19-13-2-1-11(5-14(13)20)7-24-3-4-27-12(8-24)6-22-16(25)10-29-18-23-15(9-28-18)17(21)26/h1-2,5,9,12H,3-4,6-8,10H2,(H2,21,26)(H,22,25)/t12-/m0/s1. The number of aromatic nitrogens is 1. The minimum Gasteiger partial charge on any atom is -0.374 e. The molecule has 3 rings (SSSR count). The lowest BCUT2D eigenvalue weighted by Gasteiger charge is -2.33. The number of thioether (sulfide) groups is 1. The molecule has 0 spiro atoms. The molecule has 0 aliphatic carbocycles. The predicted molar refractivity (Wildman–Crippen MR) is 106 cm³/mol. The number of amides is 2. The fraction of sp³-hybridized carbons (Fsp3) is 0.389. The van der Waals surface area contributed by atoms with Crippen LogP contribution in [0.1, 0.15) is 16.1 Å². The highest BCUT2D eigenvalue weighted by molar-refractivity contribution is 8.01. The molecule has 2 aromatic rings. The number of halogens is 2. The highest BCUT2D eigenvalue weighted by atomic mass is 32.2. The molecule has 1 aliphatic heterocycles. The van der Waals surface area contributed by atoms with Crippen molar-refractivity contribution in [3.63, 3.8) is 0 Å². The van der Waals surface area contributed by atoms with Gasteiger partial charge in [-0.1, -0.05) is 17.8 Å². The van der Waals surface area contributed by atoms with E-state index >= 15 is 0 Å². The Morgan fingerprint density at radius 2 is 2.21 bits per heavy atom. The van der Waals surface area contributed by atoms with Crippen molar-refractivity contribution >= 4 is 34.9 Å². The average Bonchev–Trinajstić information content (AvgIpc) is 3.17. The van der Waals surface area contributed by atoms with Crippen LogP contribution in [0.3, 0.4) is 0 Å². The number of benzene rings is 1. The number of nitrogens with one attached hydrogen (secondary N) is 1. The summed E-state index contributed by atoms with van der Waals surface area (Å²) in [5.41, 5.74) is 6.02. The van der Waals surface area contributed by atoms with Gasteiger partial charge in [-0.15, -0.1) is 11.3 Å². The van der Waals surface area contributed by atoms with Crippen molar-refractivity contribution in [3.05, 3.63) is 46.5 Å². The number of morpholine rings is 1. The normalized spacial score (nSPS) is 17.2. The number of nitrogens with two attached hydrogens (primary N) is 1. The molecule has 1 fully saturated rings. The molecule has 1 aromatic carbocycles. The van der Waals surface area contributed by atoms with Gasteiger partial charge in [0.2, 0.25) is 5.91 Å². The lowest BCUT2D eigenvalue weighted by molar-refractivity contribution is -0.119. The number of nitrogens with zero attached hydrogens (tertiary/aromatic N) is 2. The second-order valence-corrected chi connectivity index (χ2v) is 8.51. The van der Waals surface area contributed by atoms with E-state index in [1.165, 1.54) is 29.2 Å². The molecule has 3 N–H and O–H groups in total. The van der Waals surface area contributed by atoms with E-state index in [0.29, 0.717) is 42.7 Å². The number of thiazole rings is 1. The van der Waals surface area contributed by atoms with E-state index in [4.69, 9.17) is 10.5 Å². The highest BCUT2D eigenvalue weighted by Gasteiger charge is 2.21. The van der Waals surface area contributed by atoms with Crippen molar-refractivity contribution in [2.45, 2.75) is 17.0 Å². The van der Waals surface area contributed by atoms with Gasteiger partial charge in [0.1, 0.15) is 5.69 Å². The Morgan fingerprint density at radius 1 is 1.38 bits per heavy atom. The molecule has 0 bridgehead atoms. The number of ether oxygens (including phenoxy) is 1. The van der Waals surface area contributed by atoms with Crippen LogP contribution in [0.25, 0.3) is 0 Å². The van der Waals surface area contributed by atoms with E-state index < -0.39 is 17.5 Å². The van der Waals surface area contributed by atoms with Gasteiger partial charge in [0, 0.05) is 31.6 Å². The number of hydrogen-bond donors (Lipinski definition) is 2. The van der Waals surface area contributed by atoms with E-state index in [0.717, 1.165) is 6.07 Å². The molecule has 11 heteroatoms. The Bertz CT molecular complexity index is 881. The van der Waals surface area contributed by atoms with Crippen molar-refractivity contribution in [1.29, 1.82) is 0 Å². The van der Waals surface area contributed by atoms with Gasteiger partial charge in [0.25, 0.3) is 5.91 Å². The fourth-order valence-corrected chi connectivity index (χ4v) is 4.43. The molecule has 0 radical (unpaired) electrons. The van der Waals surface area contributed by atoms with E-state index in [2.05, 4.69) is 15.2 Å². The number of carbonyl (C=O) groups excluding carboxylic acids is 2. The Labute approximate surface area is 174 Å². The lowest BCUT2D eigenvalue weighted by Crippen LogP contribution is -2.47. The summed E-state index contributed by atoms with van der Waals surface area (Å²) in [5, 5.41) is 4.37. The van der Waals surface area contributed by atoms with Crippen LogP contribution in [-0.4, -0.2) is 59.8 Å². The van der Waals surface area contributed by atoms with Gasteiger partial charge in [-0.25, -0.2) is 13.8 Å². The topological polar surface area (TPSA) is 97.5 Å². The molecule has 1 saturated heterocycles. The summed E-state index contributed by atoms with van der Waals surface area (Å²) in [5.74, 6) is -2.33.